The van der Waals surface area contributed by atoms with Crippen LogP contribution in [0.5, 0.6) is 5.75 Å². The zero-order valence-electron chi connectivity index (χ0n) is 10.1. The van der Waals surface area contributed by atoms with Gasteiger partial charge in [-0.25, -0.2) is 0 Å². The van der Waals surface area contributed by atoms with Crippen molar-refractivity contribution in [3.8, 4) is 5.75 Å². The van der Waals surface area contributed by atoms with Crippen molar-refractivity contribution in [2.24, 2.45) is 5.92 Å². The molecule has 0 fully saturated rings. The van der Waals surface area contributed by atoms with E-state index in [4.69, 9.17) is 21.4 Å². The summed E-state index contributed by atoms with van der Waals surface area (Å²) in [6.07, 6.45) is 1.36. The summed E-state index contributed by atoms with van der Waals surface area (Å²) in [4.78, 5) is 10.6. The summed E-state index contributed by atoms with van der Waals surface area (Å²) in [6, 6.07) is 5.46. The van der Waals surface area contributed by atoms with E-state index in [0.717, 1.165) is 17.7 Å². The van der Waals surface area contributed by atoms with Gasteiger partial charge in [0, 0.05) is 5.02 Å². The van der Waals surface area contributed by atoms with Crippen molar-refractivity contribution in [1.29, 1.82) is 0 Å². The van der Waals surface area contributed by atoms with Crippen LogP contribution in [0.2, 0.25) is 5.02 Å². The second kappa shape index (κ2) is 6.50. The molecule has 3 nitrogen and oxygen atoms in total. The Morgan fingerprint density at radius 1 is 1.53 bits per heavy atom. The molecule has 17 heavy (non-hydrogen) atoms. The lowest BCUT2D eigenvalue weighted by Gasteiger charge is -2.10. The van der Waals surface area contributed by atoms with Crippen molar-refractivity contribution in [2.75, 3.05) is 6.61 Å². The average molecular weight is 257 g/mol. The molecule has 1 N–H and O–H groups in total. The first-order chi connectivity index (χ1) is 8.00. The smallest absolute Gasteiger partial charge is 0.306 e. The van der Waals surface area contributed by atoms with E-state index in [0.29, 0.717) is 18.1 Å². The highest BCUT2D eigenvalue weighted by Gasteiger charge is 2.10. The Labute approximate surface area is 106 Å². The van der Waals surface area contributed by atoms with Gasteiger partial charge in [0.25, 0.3) is 0 Å². The number of hydrogen-bond donors (Lipinski definition) is 1. The molecule has 1 atom stereocenters. The predicted octanol–water partition coefficient (Wildman–Crippen LogP) is 3.53. The van der Waals surface area contributed by atoms with Gasteiger partial charge in [-0.3, -0.25) is 4.79 Å². The zero-order valence-corrected chi connectivity index (χ0v) is 10.8. The average Bonchev–Trinajstić information content (AvgIpc) is 2.26. The molecule has 0 radical (unpaired) electrons. The van der Waals surface area contributed by atoms with Crippen LogP contribution in [-0.4, -0.2) is 17.7 Å². The van der Waals surface area contributed by atoms with Crippen molar-refractivity contribution in [3.05, 3.63) is 28.8 Å². The van der Waals surface area contributed by atoms with Crippen molar-refractivity contribution in [2.45, 2.75) is 26.7 Å². The van der Waals surface area contributed by atoms with E-state index in [1.807, 2.05) is 19.1 Å². The molecular formula is C13H17ClO3. The molecule has 0 aliphatic heterocycles. The largest absolute Gasteiger partial charge is 0.493 e. The highest BCUT2D eigenvalue weighted by Crippen LogP contribution is 2.22. The SMILES string of the molecule is Cc1cc(Cl)ccc1OCCCC(C)C(=O)O. The van der Waals surface area contributed by atoms with E-state index in [2.05, 4.69) is 0 Å². The molecule has 0 saturated carbocycles. The molecule has 1 unspecified atom stereocenters. The minimum absolute atomic E-state index is 0.315. The van der Waals surface area contributed by atoms with Crippen LogP contribution >= 0.6 is 11.6 Å². The third-order valence-corrected chi connectivity index (χ3v) is 2.83. The first kappa shape index (κ1) is 13.8. The first-order valence-corrected chi connectivity index (χ1v) is 6.00. The number of aliphatic carboxylic acids is 1. The summed E-state index contributed by atoms with van der Waals surface area (Å²) in [5.74, 6) is -0.269. The fraction of sp³-hybridized carbons (Fsp3) is 0.462. The third kappa shape index (κ3) is 4.65. The van der Waals surface area contributed by atoms with Crippen LogP contribution < -0.4 is 4.74 Å². The van der Waals surface area contributed by atoms with Crippen LogP contribution in [0.15, 0.2) is 18.2 Å². The van der Waals surface area contributed by atoms with Gasteiger partial charge in [0.15, 0.2) is 0 Å². The summed E-state index contributed by atoms with van der Waals surface area (Å²) in [6.45, 7) is 4.16. The third-order valence-electron chi connectivity index (χ3n) is 2.60. The molecule has 94 valence electrons. The van der Waals surface area contributed by atoms with Gasteiger partial charge in [0.1, 0.15) is 5.75 Å². The molecule has 0 aliphatic rings. The van der Waals surface area contributed by atoms with Crippen molar-refractivity contribution < 1.29 is 14.6 Å². The number of carboxylic acids is 1. The summed E-state index contributed by atoms with van der Waals surface area (Å²) < 4.78 is 5.57. The molecule has 0 aromatic heterocycles. The van der Waals surface area contributed by atoms with E-state index in [9.17, 15) is 4.79 Å². The normalized spacial score (nSPS) is 12.2. The molecule has 1 aromatic carbocycles. The molecule has 0 bridgehead atoms. The topological polar surface area (TPSA) is 46.5 Å². The number of carboxylic acid groups (broad SMARTS) is 1. The number of aryl methyl sites for hydroxylation is 1. The van der Waals surface area contributed by atoms with E-state index in [-0.39, 0.29) is 5.92 Å². The second-order valence-electron chi connectivity index (χ2n) is 4.14. The lowest BCUT2D eigenvalue weighted by atomic mass is 10.1. The molecule has 0 aliphatic carbocycles. The maximum atomic E-state index is 10.6. The number of halogens is 1. The standard InChI is InChI=1S/C13H17ClO3/c1-9(13(15)16)4-3-7-17-12-6-5-11(14)8-10(12)2/h5-6,8-9H,3-4,7H2,1-2H3,(H,15,16). The molecule has 0 heterocycles. The number of benzene rings is 1. The Hall–Kier alpha value is -1.22. The molecular weight excluding hydrogens is 240 g/mol. The van der Waals surface area contributed by atoms with Gasteiger partial charge in [-0.1, -0.05) is 18.5 Å². The Bertz CT molecular complexity index is 390. The summed E-state index contributed by atoms with van der Waals surface area (Å²) >= 11 is 5.83. The van der Waals surface area contributed by atoms with Crippen molar-refractivity contribution >= 4 is 17.6 Å². The monoisotopic (exact) mass is 256 g/mol. The fourth-order valence-electron chi connectivity index (χ4n) is 1.47. The van der Waals surface area contributed by atoms with Gasteiger partial charge in [0.2, 0.25) is 0 Å². The van der Waals surface area contributed by atoms with Gasteiger partial charge in [-0.2, -0.15) is 0 Å². The quantitative estimate of drug-likeness (QED) is 0.792. The molecule has 0 spiro atoms. The summed E-state index contributed by atoms with van der Waals surface area (Å²) in [5, 5.41) is 9.41. The number of rotatable bonds is 6. The van der Waals surface area contributed by atoms with Crippen LogP contribution in [0, 0.1) is 12.8 Å². The number of carbonyl (C=O) groups is 1. The van der Waals surface area contributed by atoms with Gasteiger partial charge in [0.05, 0.1) is 12.5 Å². The minimum atomic E-state index is -0.757. The van der Waals surface area contributed by atoms with Crippen molar-refractivity contribution in [1.82, 2.24) is 0 Å². The van der Waals surface area contributed by atoms with Crippen LogP contribution in [0.1, 0.15) is 25.3 Å². The Morgan fingerprint density at radius 3 is 2.82 bits per heavy atom. The Kier molecular flexibility index (Phi) is 5.29. The van der Waals surface area contributed by atoms with E-state index in [1.54, 1.807) is 13.0 Å². The van der Waals surface area contributed by atoms with Crippen LogP contribution in [0.4, 0.5) is 0 Å². The zero-order chi connectivity index (χ0) is 12.8. The minimum Gasteiger partial charge on any atom is -0.493 e. The molecule has 0 saturated heterocycles. The molecule has 4 heteroatoms. The predicted molar refractivity (Wildman–Crippen MR) is 67.7 cm³/mol. The van der Waals surface area contributed by atoms with Gasteiger partial charge in [-0.15, -0.1) is 0 Å². The summed E-state index contributed by atoms with van der Waals surface area (Å²) in [5.41, 5.74) is 0.990. The van der Waals surface area contributed by atoms with E-state index >= 15 is 0 Å². The second-order valence-corrected chi connectivity index (χ2v) is 4.58. The van der Waals surface area contributed by atoms with E-state index in [1.165, 1.54) is 0 Å². The number of hydrogen-bond acceptors (Lipinski definition) is 2. The molecule has 1 rings (SSSR count). The van der Waals surface area contributed by atoms with Crippen LogP contribution in [0.3, 0.4) is 0 Å². The fourth-order valence-corrected chi connectivity index (χ4v) is 1.70. The number of ether oxygens (including phenoxy) is 1. The van der Waals surface area contributed by atoms with Gasteiger partial charge < -0.3 is 9.84 Å². The van der Waals surface area contributed by atoms with Crippen molar-refractivity contribution in [3.63, 3.8) is 0 Å². The Morgan fingerprint density at radius 2 is 2.24 bits per heavy atom. The highest BCUT2D eigenvalue weighted by molar-refractivity contribution is 6.30. The van der Waals surface area contributed by atoms with E-state index < -0.39 is 5.97 Å². The van der Waals surface area contributed by atoms with Crippen LogP contribution in [-0.2, 0) is 4.79 Å². The molecule has 1 aromatic rings. The lowest BCUT2D eigenvalue weighted by Crippen LogP contribution is -2.11. The van der Waals surface area contributed by atoms with Gasteiger partial charge in [-0.05, 0) is 43.5 Å². The van der Waals surface area contributed by atoms with Crippen LogP contribution in [0.25, 0.3) is 0 Å². The lowest BCUT2D eigenvalue weighted by molar-refractivity contribution is -0.141. The summed E-state index contributed by atoms with van der Waals surface area (Å²) in [7, 11) is 0. The maximum Gasteiger partial charge on any atom is 0.306 e. The maximum absolute atomic E-state index is 10.6. The van der Waals surface area contributed by atoms with Gasteiger partial charge >= 0.3 is 5.97 Å². The first-order valence-electron chi connectivity index (χ1n) is 5.62. The molecule has 0 amide bonds. The highest BCUT2D eigenvalue weighted by atomic mass is 35.5. The Balaban J connectivity index is 2.34.